The van der Waals surface area contributed by atoms with Gasteiger partial charge in [0.2, 0.25) is 0 Å². The van der Waals surface area contributed by atoms with Crippen molar-refractivity contribution in [1.29, 1.82) is 0 Å². The van der Waals surface area contributed by atoms with Crippen LogP contribution in [0.5, 0.6) is 0 Å². The summed E-state index contributed by atoms with van der Waals surface area (Å²) in [5, 5.41) is 2.00. The Morgan fingerprint density at radius 2 is 0.907 bits per heavy atom. The van der Waals surface area contributed by atoms with Crippen molar-refractivity contribution in [2.75, 3.05) is 0 Å². The van der Waals surface area contributed by atoms with Crippen LogP contribution in [0.15, 0.2) is 35.2 Å². The molecule has 0 saturated heterocycles. The van der Waals surface area contributed by atoms with Gasteiger partial charge in [-0.05, 0) is 59.7 Å². The number of aryl methyl sites for hydroxylation is 2. The van der Waals surface area contributed by atoms with Crippen LogP contribution in [0.1, 0.15) is 179 Å². The van der Waals surface area contributed by atoms with Crippen LogP contribution in [-0.2, 0) is 23.0 Å². The number of hydrogen-bond acceptors (Lipinski definition) is 3. The zero-order valence-electron chi connectivity index (χ0n) is 28.4. The molecule has 0 bridgehead atoms. The molecule has 43 heavy (non-hydrogen) atoms. The summed E-state index contributed by atoms with van der Waals surface area (Å²) >= 11 is 0. The first-order valence-electron chi connectivity index (χ1n) is 18.0. The van der Waals surface area contributed by atoms with E-state index in [1.54, 1.807) is 6.07 Å². The van der Waals surface area contributed by atoms with Crippen LogP contribution < -0.4 is 51.4 Å². The van der Waals surface area contributed by atoms with Crippen LogP contribution in [0.25, 0.3) is 10.8 Å². The van der Waals surface area contributed by atoms with Crippen molar-refractivity contribution in [3.8, 4) is 0 Å². The molecule has 0 N–H and O–H groups in total. The van der Waals surface area contributed by atoms with E-state index in [1.807, 2.05) is 6.07 Å². The number of fused-ring (bicyclic) bond motifs is 1. The predicted molar refractivity (Wildman–Crippen MR) is 181 cm³/mol. The molecule has 0 heterocycles. The molecule has 0 radical (unpaired) electrons. The number of rotatable bonds is 27. The minimum absolute atomic E-state index is 0. The Morgan fingerprint density at radius 1 is 0.512 bits per heavy atom. The van der Waals surface area contributed by atoms with E-state index >= 15 is 0 Å². The fourth-order valence-electron chi connectivity index (χ4n) is 6.33. The quantitative estimate of drug-likeness (QED) is 0.0557. The molecule has 0 fully saturated rings. The van der Waals surface area contributed by atoms with E-state index in [9.17, 15) is 13.0 Å². The molecule has 5 heteroatoms. The van der Waals surface area contributed by atoms with E-state index in [2.05, 4.69) is 26.0 Å². The molecule has 2 aromatic carbocycles. The average molecular weight is 639 g/mol. The number of hydrogen-bond donors (Lipinski definition) is 0. The van der Waals surface area contributed by atoms with Gasteiger partial charge in [0, 0.05) is 0 Å². The number of benzene rings is 2. The Morgan fingerprint density at radius 3 is 1.33 bits per heavy atom. The maximum absolute atomic E-state index is 11.7. The summed E-state index contributed by atoms with van der Waals surface area (Å²) in [5.41, 5.74) is 2.59. The zero-order valence-corrected chi connectivity index (χ0v) is 32.3. The Bertz CT molecular complexity index is 1070. The van der Waals surface area contributed by atoms with Crippen molar-refractivity contribution in [3.63, 3.8) is 0 Å². The van der Waals surface area contributed by atoms with Gasteiger partial charge in [-0.1, -0.05) is 173 Å². The molecular formula is C38H63KO3S. The minimum Gasteiger partial charge on any atom is -0.744 e. The molecule has 0 unspecified atom stereocenters. The molecular weight excluding hydrogens is 576 g/mol. The van der Waals surface area contributed by atoms with Crippen LogP contribution in [0, 0.1) is 0 Å². The summed E-state index contributed by atoms with van der Waals surface area (Å²) in [7, 11) is -4.45. The van der Waals surface area contributed by atoms with Gasteiger partial charge in [0.15, 0.2) is 0 Å². The van der Waals surface area contributed by atoms with Crippen molar-refractivity contribution in [2.45, 2.75) is 186 Å². The van der Waals surface area contributed by atoms with Gasteiger partial charge < -0.3 is 4.55 Å². The van der Waals surface area contributed by atoms with Crippen LogP contribution in [-0.4, -0.2) is 13.0 Å². The Labute approximate surface area is 309 Å². The standard InChI is InChI=1S/C38H64O3S.K/c1-3-5-7-9-11-13-15-17-19-21-23-25-27-34-31-35(38-30-29-37(42(39,40)41)33-36(38)32-34)28-26-24-22-20-18-16-14-12-10-8-6-4-2;/h29-33H,3-28H2,1-2H3,(H,39,40,41);/q;+1/p-1. The van der Waals surface area contributed by atoms with Crippen LogP contribution >= 0.6 is 0 Å². The Kier molecular flexibility index (Phi) is 25.3. The van der Waals surface area contributed by atoms with Crippen molar-refractivity contribution in [3.05, 3.63) is 41.5 Å². The summed E-state index contributed by atoms with van der Waals surface area (Å²) in [6, 6.07) is 9.40. The molecule has 240 valence electrons. The zero-order chi connectivity index (χ0) is 30.3. The fourth-order valence-corrected chi connectivity index (χ4v) is 6.83. The van der Waals surface area contributed by atoms with Gasteiger partial charge in [-0.15, -0.1) is 0 Å². The van der Waals surface area contributed by atoms with Gasteiger partial charge in [0.05, 0.1) is 4.90 Å². The molecule has 0 aliphatic carbocycles. The molecule has 2 aromatic rings. The normalized spacial score (nSPS) is 11.7. The third kappa shape index (κ3) is 19.5. The first-order chi connectivity index (χ1) is 20.5. The van der Waals surface area contributed by atoms with Crippen molar-refractivity contribution < 1.29 is 64.4 Å². The molecule has 0 atom stereocenters. The molecule has 3 nitrogen and oxygen atoms in total. The van der Waals surface area contributed by atoms with E-state index in [0.717, 1.165) is 30.0 Å². The van der Waals surface area contributed by atoms with Gasteiger partial charge in [-0.25, -0.2) is 8.42 Å². The van der Waals surface area contributed by atoms with Gasteiger partial charge in [0.25, 0.3) is 0 Å². The molecule has 0 aliphatic rings. The fraction of sp³-hybridized carbons (Fsp3) is 0.737. The average Bonchev–Trinajstić information content (AvgIpc) is 2.97. The molecule has 0 spiro atoms. The van der Waals surface area contributed by atoms with Crippen molar-refractivity contribution >= 4 is 20.9 Å². The second kappa shape index (κ2) is 26.3. The van der Waals surface area contributed by atoms with Gasteiger partial charge in [0.1, 0.15) is 10.1 Å². The molecule has 2 rings (SSSR count). The number of unbranched alkanes of at least 4 members (excludes halogenated alkanes) is 22. The van der Waals surface area contributed by atoms with E-state index < -0.39 is 10.1 Å². The summed E-state index contributed by atoms with van der Waals surface area (Å²) in [4.78, 5) is -0.117. The predicted octanol–water partition coefficient (Wildman–Crippen LogP) is 9.24. The molecule has 0 saturated carbocycles. The summed E-state index contributed by atoms with van der Waals surface area (Å²) in [6.07, 6.45) is 34.2. The summed E-state index contributed by atoms with van der Waals surface area (Å²) in [5.74, 6) is 0. The van der Waals surface area contributed by atoms with E-state index in [-0.39, 0.29) is 56.3 Å². The SMILES string of the molecule is CCCCCCCCCCCCCCc1cc(CCCCCCCCCCCCCC)c2ccc(S(=O)(=O)[O-])cc2c1.[K+]. The monoisotopic (exact) mass is 638 g/mol. The van der Waals surface area contributed by atoms with Gasteiger partial charge in [-0.3, -0.25) is 0 Å². The minimum atomic E-state index is -4.45. The third-order valence-corrected chi connectivity index (χ3v) is 9.81. The molecule has 0 aliphatic heterocycles. The van der Waals surface area contributed by atoms with Crippen molar-refractivity contribution in [1.82, 2.24) is 0 Å². The van der Waals surface area contributed by atoms with Gasteiger partial charge >= 0.3 is 51.4 Å². The van der Waals surface area contributed by atoms with Crippen LogP contribution in [0.2, 0.25) is 0 Å². The van der Waals surface area contributed by atoms with E-state index in [4.69, 9.17) is 0 Å². The van der Waals surface area contributed by atoms with Crippen molar-refractivity contribution in [2.24, 2.45) is 0 Å². The molecule has 0 amide bonds. The van der Waals surface area contributed by atoms with Crippen LogP contribution in [0.4, 0.5) is 0 Å². The maximum Gasteiger partial charge on any atom is 1.00 e. The smallest absolute Gasteiger partial charge is 0.744 e. The second-order valence-corrected chi connectivity index (χ2v) is 14.2. The largest absolute Gasteiger partial charge is 1.00 e. The van der Waals surface area contributed by atoms with E-state index in [1.165, 1.54) is 165 Å². The van der Waals surface area contributed by atoms with Crippen LogP contribution in [0.3, 0.4) is 0 Å². The molecule has 0 aromatic heterocycles. The topological polar surface area (TPSA) is 57.2 Å². The first kappa shape index (κ1) is 41.3. The van der Waals surface area contributed by atoms with E-state index in [0.29, 0.717) is 0 Å². The maximum atomic E-state index is 11.7. The first-order valence-corrected chi connectivity index (χ1v) is 19.4. The summed E-state index contributed by atoms with van der Waals surface area (Å²) < 4.78 is 35.1. The van der Waals surface area contributed by atoms with Gasteiger partial charge in [-0.2, -0.15) is 0 Å². The summed E-state index contributed by atoms with van der Waals surface area (Å²) in [6.45, 7) is 4.55. The second-order valence-electron chi connectivity index (χ2n) is 12.9. The Hall–Kier alpha value is 0.246. The third-order valence-electron chi connectivity index (χ3n) is 8.98. The Balaban J connectivity index is 0.00000924.